The quantitative estimate of drug-likeness (QED) is 0.595. The summed E-state index contributed by atoms with van der Waals surface area (Å²) in [5.74, 6) is 1.09. The molecule has 1 heterocycles. The van der Waals surface area contributed by atoms with Crippen molar-refractivity contribution < 1.29 is 4.39 Å². The maximum Gasteiger partial charge on any atom is 0.137 e. The second kappa shape index (κ2) is 5.78. The van der Waals surface area contributed by atoms with Crippen molar-refractivity contribution in [2.24, 2.45) is 0 Å². The molecule has 0 aliphatic heterocycles. The molecule has 0 aliphatic carbocycles. The summed E-state index contributed by atoms with van der Waals surface area (Å²) in [7, 11) is 0. The summed E-state index contributed by atoms with van der Waals surface area (Å²) < 4.78 is 16.0. The van der Waals surface area contributed by atoms with Gasteiger partial charge in [0.25, 0.3) is 0 Å². The zero-order valence-corrected chi connectivity index (χ0v) is 13.7. The molecule has 1 aromatic heterocycles. The third-order valence-electron chi connectivity index (χ3n) is 3.43. The van der Waals surface area contributed by atoms with Gasteiger partial charge < -0.3 is 0 Å². The molecule has 0 atom stereocenters. The van der Waals surface area contributed by atoms with Crippen LogP contribution in [0.1, 0.15) is 11.4 Å². The van der Waals surface area contributed by atoms with Gasteiger partial charge in [-0.1, -0.05) is 12.1 Å². The zero-order chi connectivity index (χ0) is 15.0. The minimum Gasteiger partial charge on any atom is -0.296 e. The van der Waals surface area contributed by atoms with Crippen LogP contribution in [0.5, 0.6) is 0 Å². The minimum atomic E-state index is -0.279. The summed E-state index contributed by atoms with van der Waals surface area (Å²) in [5.41, 5.74) is 3.97. The van der Waals surface area contributed by atoms with Crippen molar-refractivity contribution in [3.05, 3.63) is 58.1 Å². The van der Waals surface area contributed by atoms with Crippen LogP contribution in [0, 0.1) is 12.7 Å². The third kappa shape index (κ3) is 2.58. The summed E-state index contributed by atoms with van der Waals surface area (Å²) >= 11 is 9.14. The fraction of sp³-hybridized carbons (Fsp3) is 0.188. The molecular weight excluding hydrogens is 355 g/mol. The predicted molar refractivity (Wildman–Crippen MR) is 87.9 cm³/mol. The lowest BCUT2D eigenvalue weighted by Gasteiger charge is -2.11. The highest BCUT2D eigenvalue weighted by Crippen LogP contribution is 2.27. The van der Waals surface area contributed by atoms with Gasteiger partial charge in [-0.05, 0) is 52.7 Å². The number of hydrogen-bond acceptors (Lipinski definition) is 1. The Morgan fingerprint density at radius 3 is 2.81 bits per heavy atom. The van der Waals surface area contributed by atoms with E-state index < -0.39 is 0 Å². The molecule has 0 bridgehead atoms. The van der Waals surface area contributed by atoms with Crippen LogP contribution in [-0.2, 0) is 6.42 Å². The first kappa shape index (κ1) is 14.5. The molecule has 0 amide bonds. The van der Waals surface area contributed by atoms with Gasteiger partial charge in [0.2, 0.25) is 0 Å². The Balaban J connectivity index is 2.32. The number of alkyl halides is 1. The Morgan fingerprint density at radius 1 is 1.29 bits per heavy atom. The minimum absolute atomic E-state index is 0.279. The number of para-hydroxylation sites is 1. The number of nitrogens with zero attached hydrogens (tertiary/aromatic N) is 2. The van der Waals surface area contributed by atoms with E-state index in [1.54, 1.807) is 12.1 Å². The number of aromatic nitrogens is 2. The first-order chi connectivity index (χ1) is 10.1. The summed E-state index contributed by atoms with van der Waals surface area (Å²) in [6, 6.07) is 11.0. The molecule has 21 heavy (non-hydrogen) atoms. The summed E-state index contributed by atoms with van der Waals surface area (Å²) in [6.07, 6.45) is 0.657. The lowest BCUT2D eigenvalue weighted by atomic mass is 10.2. The van der Waals surface area contributed by atoms with Gasteiger partial charge in [0.05, 0.1) is 15.5 Å². The second-order valence-corrected chi connectivity index (χ2v) is 6.08. The van der Waals surface area contributed by atoms with E-state index in [4.69, 9.17) is 11.6 Å². The van der Waals surface area contributed by atoms with Crippen LogP contribution in [0.15, 0.2) is 40.9 Å². The van der Waals surface area contributed by atoms with Gasteiger partial charge in [0.1, 0.15) is 11.6 Å². The molecule has 2 nitrogen and oxygen atoms in total. The molecular formula is C16H13BrClFN2. The Morgan fingerprint density at radius 2 is 2.10 bits per heavy atom. The van der Waals surface area contributed by atoms with Gasteiger partial charge in [-0.3, -0.25) is 4.57 Å². The molecule has 0 radical (unpaired) electrons. The van der Waals surface area contributed by atoms with Gasteiger partial charge in [-0.2, -0.15) is 0 Å². The van der Waals surface area contributed by atoms with Gasteiger partial charge in [-0.25, -0.2) is 9.37 Å². The van der Waals surface area contributed by atoms with E-state index in [0.717, 1.165) is 28.1 Å². The molecule has 3 aromatic rings. The van der Waals surface area contributed by atoms with Crippen molar-refractivity contribution >= 4 is 38.6 Å². The normalized spacial score (nSPS) is 11.2. The van der Waals surface area contributed by atoms with Crippen LogP contribution >= 0.6 is 27.5 Å². The first-order valence-electron chi connectivity index (χ1n) is 6.60. The monoisotopic (exact) mass is 366 g/mol. The number of aryl methyl sites for hydroxylation is 2. The Labute approximate surface area is 135 Å². The van der Waals surface area contributed by atoms with Crippen molar-refractivity contribution in [2.45, 2.75) is 13.3 Å². The van der Waals surface area contributed by atoms with E-state index in [9.17, 15) is 4.39 Å². The molecule has 108 valence electrons. The highest BCUT2D eigenvalue weighted by Gasteiger charge is 2.14. The number of hydrogen-bond donors (Lipinski definition) is 0. The number of halogens is 3. The lowest BCUT2D eigenvalue weighted by molar-refractivity contribution is 0.620. The highest BCUT2D eigenvalue weighted by atomic mass is 79.9. The summed E-state index contributed by atoms with van der Waals surface area (Å²) in [4.78, 5) is 4.66. The molecule has 0 spiro atoms. The Kier molecular flexibility index (Phi) is 4.00. The van der Waals surface area contributed by atoms with Crippen LogP contribution in [0.4, 0.5) is 4.39 Å². The van der Waals surface area contributed by atoms with Crippen molar-refractivity contribution in [1.82, 2.24) is 9.55 Å². The van der Waals surface area contributed by atoms with Gasteiger partial charge in [0, 0.05) is 18.0 Å². The van der Waals surface area contributed by atoms with Crippen LogP contribution in [0.2, 0.25) is 0 Å². The molecule has 2 aromatic carbocycles. The van der Waals surface area contributed by atoms with Crippen molar-refractivity contribution in [2.75, 3.05) is 5.88 Å². The molecule has 0 aliphatic rings. The van der Waals surface area contributed by atoms with Gasteiger partial charge in [-0.15, -0.1) is 11.6 Å². The summed E-state index contributed by atoms with van der Waals surface area (Å²) in [5, 5.41) is 0. The maximum atomic E-state index is 13.5. The second-order valence-electron chi connectivity index (χ2n) is 4.84. The lowest BCUT2D eigenvalue weighted by Crippen LogP contribution is -2.03. The largest absolute Gasteiger partial charge is 0.296 e. The average Bonchev–Trinajstić information content (AvgIpc) is 2.82. The Bertz CT molecular complexity index is 813. The number of benzene rings is 2. The Hall–Kier alpha value is -1.39. The van der Waals surface area contributed by atoms with E-state index in [2.05, 4.69) is 25.5 Å². The molecule has 0 unspecified atom stereocenters. The SMILES string of the molecule is Cc1cccc2nc(CCCl)n(-c3ccc(F)c(Br)c3)c12. The van der Waals surface area contributed by atoms with E-state index in [0.29, 0.717) is 16.8 Å². The van der Waals surface area contributed by atoms with Crippen molar-refractivity contribution in [3.8, 4) is 5.69 Å². The topological polar surface area (TPSA) is 17.8 Å². The van der Waals surface area contributed by atoms with Crippen LogP contribution in [0.25, 0.3) is 16.7 Å². The van der Waals surface area contributed by atoms with Crippen LogP contribution in [-0.4, -0.2) is 15.4 Å². The number of fused-ring (bicyclic) bond motifs is 1. The summed E-state index contributed by atoms with van der Waals surface area (Å²) in [6.45, 7) is 2.05. The van der Waals surface area contributed by atoms with E-state index in [1.807, 2.05) is 25.1 Å². The third-order valence-corrected chi connectivity index (χ3v) is 4.22. The molecule has 0 saturated heterocycles. The average molecular weight is 368 g/mol. The first-order valence-corrected chi connectivity index (χ1v) is 7.93. The molecule has 0 fully saturated rings. The smallest absolute Gasteiger partial charge is 0.137 e. The zero-order valence-electron chi connectivity index (χ0n) is 11.4. The number of imidazole rings is 1. The van der Waals surface area contributed by atoms with Gasteiger partial charge in [0.15, 0.2) is 0 Å². The van der Waals surface area contributed by atoms with E-state index in [-0.39, 0.29) is 5.82 Å². The van der Waals surface area contributed by atoms with E-state index in [1.165, 1.54) is 6.07 Å². The fourth-order valence-electron chi connectivity index (χ4n) is 2.50. The molecule has 3 rings (SSSR count). The van der Waals surface area contributed by atoms with Crippen molar-refractivity contribution in [3.63, 3.8) is 0 Å². The fourth-order valence-corrected chi connectivity index (χ4v) is 3.03. The van der Waals surface area contributed by atoms with Crippen LogP contribution < -0.4 is 0 Å². The molecule has 0 saturated carbocycles. The highest BCUT2D eigenvalue weighted by molar-refractivity contribution is 9.10. The molecule has 5 heteroatoms. The van der Waals surface area contributed by atoms with Crippen molar-refractivity contribution in [1.29, 1.82) is 0 Å². The van der Waals surface area contributed by atoms with Crippen LogP contribution in [0.3, 0.4) is 0 Å². The predicted octanol–water partition coefficient (Wildman–Crippen LogP) is 5.02. The number of rotatable bonds is 3. The standard InChI is InChI=1S/C16H13BrClFN2/c1-10-3-2-4-14-16(10)21(15(20-14)7-8-18)11-5-6-13(19)12(17)9-11/h2-6,9H,7-8H2,1H3. The van der Waals surface area contributed by atoms with Gasteiger partial charge >= 0.3 is 0 Å². The molecule has 0 N–H and O–H groups in total. The maximum absolute atomic E-state index is 13.5. The van der Waals surface area contributed by atoms with E-state index >= 15 is 0 Å².